The van der Waals surface area contributed by atoms with Crippen LogP contribution in [0.1, 0.15) is 37.4 Å². The maximum atomic E-state index is 6.05. The first-order valence-corrected chi connectivity index (χ1v) is 6.35. The molecule has 0 saturated carbocycles. The van der Waals surface area contributed by atoms with Crippen molar-refractivity contribution < 1.29 is 4.74 Å². The Morgan fingerprint density at radius 3 is 2.78 bits per heavy atom. The van der Waals surface area contributed by atoms with Crippen LogP contribution in [0.5, 0.6) is 5.75 Å². The van der Waals surface area contributed by atoms with Crippen molar-refractivity contribution in [3.63, 3.8) is 0 Å². The van der Waals surface area contributed by atoms with E-state index in [4.69, 9.17) is 10.5 Å². The van der Waals surface area contributed by atoms with Crippen molar-refractivity contribution in [3.05, 3.63) is 54.1 Å². The van der Waals surface area contributed by atoms with Crippen molar-refractivity contribution >= 4 is 0 Å². The molecule has 0 aliphatic rings. The minimum Gasteiger partial charge on any atom is -0.489 e. The molecule has 1 rings (SSSR count). The molecule has 0 fully saturated rings. The summed E-state index contributed by atoms with van der Waals surface area (Å²) < 4.78 is 5.73. The first-order valence-electron chi connectivity index (χ1n) is 6.35. The average molecular weight is 245 g/mol. The zero-order valence-electron chi connectivity index (χ0n) is 11.4. The molecule has 0 spiro atoms. The highest BCUT2D eigenvalue weighted by Crippen LogP contribution is 2.25. The van der Waals surface area contributed by atoms with Crippen LogP contribution in [0.2, 0.25) is 0 Å². The van der Waals surface area contributed by atoms with Gasteiger partial charge in [0.05, 0.1) is 0 Å². The van der Waals surface area contributed by atoms with Gasteiger partial charge in [-0.25, -0.2) is 0 Å². The molecule has 18 heavy (non-hydrogen) atoms. The van der Waals surface area contributed by atoms with Crippen molar-refractivity contribution in [1.82, 2.24) is 0 Å². The summed E-state index contributed by atoms with van der Waals surface area (Å²) in [6, 6.07) is 6.23. The highest BCUT2D eigenvalue weighted by Gasteiger charge is 2.08. The third kappa shape index (κ3) is 4.04. The summed E-state index contributed by atoms with van der Waals surface area (Å²) in [4.78, 5) is 0. The van der Waals surface area contributed by atoms with Crippen LogP contribution >= 0.6 is 0 Å². The Kier molecular flexibility index (Phi) is 5.66. The van der Waals surface area contributed by atoms with E-state index in [1.165, 1.54) is 0 Å². The van der Waals surface area contributed by atoms with Crippen LogP contribution in [-0.4, -0.2) is 6.61 Å². The van der Waals surface area contributed by atoms with E-state index >= 15 is 0 Å². The van der Waals surface area contributed by atoms with Crippen LogP contribution in [0.25, 0.3) is 0 Å². The molecule has 0 aromatic heterocycles. The average Bonchev–Trinajstić information content (AvgIpc) is 2.36. The van der Waals surface area contributed by atoms with E-state index in [9.17, 15) is 0 Å². The van der Waals surface area contributed by atoms with Crippen LogP contribution in [0.15, 0.2) is 43.0 Å². The van der Waals surface area contributed by atoms with Crippen LogP contribution < -0.4 is 10.5 Å². The number of nitrogens with two attached hydrogens (primary N) is 1. The van der Waals surface area contributed by atoms with Crippen molar-refractivity contribution in [2.45, 2.75) is 32.7 Å². The van der Waals surface area contributed by atoms with Gasteiger partial charge in [-0.2, -0.15) is 0 Å². The smallest absolute Gasteiger partial charge is 0.123 e. The fourth-order valence-electron chi connectivity index (χ4n) is 1.72. The molecule has 1 aromatic carbocycles. The lowest BCUT2D eigenvalue weighted by atomic mass is 10.0. The van der Waals surface area contributed by atoms with E-state index in [1.54, 1.807) is 0 Å². The summed E-state index contributed by atoms with van der Waals surface area (Å²) in [6.45, 7) is 12.2. The van der Waals surface area contributed by atoms with Gasteiger partial charge in [-0.3, -0.25) is 0 Å². The summed E-state index contributed by atoms with van der Waals surface area (Å²) in [7, 11) is 0. The minimum absolute atomic E-state index is 0.0868. The Labute approximate surface area is 110 Å². The number of hydrogen-bond donors (Lipinski definition) is 1. The second-order valence-electron chi connectivity index (χ2n) is 4.62. The Morgan fingerprint density at radius 2 is 2.22 bits per heavy atom. The molecular weight excluding hydrogens is 222 g/mol. The van der Waals surface area contributed by atoms with Crippen molar-refractivity contribution in [2.24, 2.45) is 5.73 Å². The molecular formula is C16H23NO. The molecule has 1 unspecified atom stereocenters. The fraction of sp³-hybridized carbons (Fsp3) is 0.375. The van der Waals surface area contributed by atoms with Crippen molar-refractivity contribution in [2.75, 3.05) is 6.61 Å². The molecule has 0 aliphatic carbocycles. The predicted molar refractivity (Wildman–Crippen MR) is 77.9 cm³/mol. The molecule has 1 atom stereocenters. The molecule has 2 nitrogen and oxygen atoms in total. The SMILES string of the molecule is C=CCc1cc(C(N)CC)ccc1OCC(=C)C. The standard InChI is InChI=1S/C16H23NO/c1-5-7-14-10-13(15(17)6-2)8-9-16(14)18-11-12(3)4/h5,8-10,15H,1,3,6-7,11,17H2,2,4H3. The summed E-state index contributed by atoms with van der Waals surface area (Å²) in [6.07, 6.45) is 3.60. The van der Waals surface area contributed by atoms with E-state index in [0.29, 0.717) is 6.61 Å². The quantitative estimate of drug-likeness (QED) is 0.742. The van der Waals surface area contributed by atoms with E-state index in [1.807, 2.05) is 25.1 Å². The van der Waals surface area contributed by atoms with Crippen molar-refractivity contribution in [1.29, 1.82) is 0 Å². The summed E-state index contributed by atoms with van der Waals surface area (Å²) in [5, 5.41) is 0. The van der Waals surface area contributed by atoms with Gasteiger partial charge in [0.2, 0.25) is 0 Å². The van der Waals surface area contributed by atoms with Crippen LogP contribution in [0.4, 0.5) is 0 Å². The molecule has 0 heterocycles. The third-order valence-electron chi connectivity index (χ3n) is 2.79. The summed E-state index contributed by atoms with van der Waals surface area (Å²) >= 11 is 0. The highest BCUT2D eigenvalue weighted by atomic mass is 16.5. The number of allylic oxidation sites excluding steroid dienone is 1. The van der Waals surface area contributed by atoms with E-state index in [0.717, 1.165) is 35.3 Å². The lowest BCUT2D eigenvalue weighted by Gasteiger charge is -2.15. The van der Waals surface area contributed by atoms with Crippen LogP contribution in [-0.2, 0) is 6.42 Å². The molecule has 0 bridgehead atoms. The Bertz CT molecular complexity index is 423. The zero-order valence-corrected chi connectivity index (χ0v) is 11.4. The first-order chi connectivity index (χ1) is 8.58. The van der Waals surface area contributed by atoms with E-state index < -0.39 is 0 Å². The molecule has 1 aromatic rings. The topological polar surface area (TPSA) is 35.2 Å². The zero-order chi connectivity index (χ0) is 13.5. The lowest BCUT2D eigenvalue weighted by Crippen LogP contribution is -2.09. The van der Waals surface area contributed by atoms with E-state index in [2.05, 4.69) is 26.1 Å². The maximum Gasteiger partial charge on any atom is 0.123 e. The maximum absolute atomic E-state index is 6.05. The van der Waals surface area contributed by atoms with Gasteiger partial charge >= 0.3 is 0 Å². The summed E-state index contributed by atoms with van der Waals surface area (Å²) in [5.41, 5.74) is 9.34. The third-order valence-corrected chi connectivity index (χ3v) is 2.79. The molecule has 0 radical (unpaired) electrons. The summed E-state index contributed by atoms with van der Waals surface area (Å²) in [5.74, 6) is 0.893. The highest BCUT2D eigenvalue weighted by molar-refractivity contribution is 5.39. The first kappa shape index (κ1) is 14.5. The Morgan fingerprint density at radius 1 is 1.50 bits per heavy atom. The second kappa shape index (κ2) is 7.02. The van der Waals surface area contributed by atoms with Gasteiger partial charge in [0.1, 0.15) is 12.4 Å². The van der Waals surface area contributed by atoms with Gasteiger partial charge in [0.25, 0.3) is 0 Å². The fourth-order valence-corrected chi connectivity index (χ4v) is 1.72. The van der Waals surface area contributed by atoms with Crippen LogP contribution in [0, 0.1) is 0 Å². The number of ether oxygens (including phenoxy) is 1. The van der Waals surface area contributed by atoms with Gasteiger partial charge in [-0.1, -0.05) is 31.7 Å². The molecule has 98 valence electrons. The lowest BCUT2D eigenvalue weighted by molar-refractivity contribution is 0.349. The largest absolute Gasteiger partial charge is 0.489 e. The molecule has 0 amide bonds. The molecule has 0 saturated heterocycles. The van der Waals surface area contributed by atoms with Gasteiger partial charge in [0.15, 0.2) is 0 Å². The Hall–Kier alpha value is -1.54. The van der Waals surface area contributed by atoms with Gasteiger partial charge in [-0.05, 0) is 42.5 Å². The number of benzene rings is 1. The molecule has 2 N–H and O–H groups in total. The number of hydrogen-bond acceptors (Lipinski definition) is 2. The minimum atomic E-state index is 0.0868. The second-order valence-corrected chi connectivity index (χ2v) is 4.62. The van der Waals surface area contributed by atoms with E-state index in [-0.39, 0.29) is 6.04 Å². The Balaban J connectivity index is 2.95. The number of rotatable bonds is 7. The monoisotopic (exact) mass is 245 g/mol. The van der Waals surface area contributed by atoms with Crippen molar-refractivity contribution in [3.8, 4) is 5.75 Å². The van der Waals surface area contributed by atoms with Gasteiger partial charge in [0, 0.05) is 6.04 Å². The van der Waals surface area contributed by atoms with Crippen LogP contribution in [0.3, 0.4) is 0 Å². The molecule has 2 heteroatoms. The van der Waals surface area contributed by atoms with Gasteiger partial charge in [-0.15, -0.1) is 6.58 Å². The normalized spacial score (nSPS) is 11.9. The molecule has 0 aliphatic heterocycles. The van der Waals surface area contributed by atoms with Gasteiger partial charge < -0.3 is 10.5 Å². The predicted octanol–water partition coefficient (Wildman–Crippen LogP) is 3.78.